The number of hydrogen-bond donors (Lipinski definition) is 3. The average molecular weight is 604 g/mol. The first kappa shape index (κ1) is 31.1. The van der Waals surface area contributed by atoms with Gasteiger partial charge in [0.1, 0.15) is 5.75 Å². The minimum Gasteiger partial charge on any atom is -0.506 e. The number of primary amides is 2. The van der Waals surface area contributed by atoms with Crippen LogP contribution < -0.4 is 11.5 Å². The lowest BCUT2D eigenvalue weighted by Gasteiger charge is -2.20. The fourth-order valence-electron chi connectivity index (χ4n) is 3.84. The second kappa shape index (κ2) is 9.88. The maximum Gasteiger partial charge on any atom is 0.416 e. The van der Waals surface area contributed by atoms with Gasteiger partial charge in [0.25, 0.3) is 5.91 Å². The second-order valence-electron chi connectivity index (χ2n) is 8.39. The van der Waals surface area contributed by atoms with Crippen LogP contribution in [-0.2, 0) is 24.7 Å². The summed E-state index contributed by atoms with van der Waals surface area (Å²) >= 11 is 0. The minimum absolute atomic E-state index is 0.0363. The summed E-state index contributed by atoms with van der Waals surface area (Å²) in [6.07, 6.45) is -21.6. The fourth-order valence-corrected chi connectivity index (χ4v) is 3.84. The molecule has 0 aliphatic heterocycles. The van der Waals surface area contributed by atoms with Gasteiger partial charge >= 0.3 is 24.7 Å². The van der Waals surface area contributed by atoms with Crippen LogP contribution in [0.4, 0.5) is 52.7 Å². The van der Waals surface area contributed by atoms with E-state index < -0.39 is 97.9 Å². The van der Waals surface area contributed by atoms with Gasteiger partial charge in [-0.2, -0.15) is 52.7 Å². The number of alkyl halides is 12. The summed E-state index contributed by atoms with van der Waals surface area (Å²) in [5, 5.41) is 10.7. The highest BCUT2D eigenvalue weighted by atomic mass is 19.4. The highest BCUT2D eigenvalue weighted by Gasteiger charge is 2.40. The Labute approximate surface area is 220 Å². The predicted molar refractivity (Wildman–Crippen MR) is 116 cm³/mol. The maximum atomic E-state index is 13.4. The molecule has 220 valence electrons. The van der Waals surface area contributed by atoms with Gasteiger partial charge in [-0.05, 0) is 53.6 Å². The van der Waals surface area contributed by atoms with E-state index in [-0.39, 0.29) is 36.4 Å². The molecule has 5 nitrogen and oxygen atoms in total. The summed E-state index contributed by atoms with van der Waals surface area (Å²) in [5.41, 5.74) is -4.49. The van der Waals surface area contributed by atoms with E-state index in [1.165, 1.54) is 0 Å². The number of halogens is 12. The molecular weight excluding hydrogens is 592 g/mol. The molecule has 0 fully saturated rings. The van der Waals surface area contributed by atoms with E-state index in [0.29, 0.717) is 6.07 Å². The molecule has 0 atom stereocenters. The Bertz CT molecular complexity index is 1490. The molecule has 0 aliphatic carbocycles. The van der Waals surface area contributed by atoms with Crippen molar-refractivity contribution in [2.24, 2.45) is 11.5 Å². The van der Waals surface area contributed by atoms with Crippen LogP contribution in [0.1, 0.15) is 43.0 Å². The van der Waals surface area contributed by atoms with E-state index in [4.69, 9.17) is 11.5 Å². The Morgan fingerprint density at radius 3 is 1.17 bits per heavy atom. The SMILES string of the molecule is NC(=O)c1cc(-c2cc(C(F)(F)F)cc(C(F)(F)F)c2)c(O)c(C(N)=O)c1-c1cc(C(F)(F)F)cc(C(F)(F)F)c1. The van der Waals surface area contributed by atoms with Crippen molar-refractivity contribution in [3.63, 3.8) is 0 Å². The summed E-state index contributed by atoms with van der Waals surface area (Å²) in [6.45, 7) is 0. The highest BCUT2D eigenvalue weighted by Crippen LogP contribution is 2.46. The smallest absolute Gasteiger partial charge is 0.416 e. The van der Waals surface area contributed by atoms with Gasteiger partial charge in [0.15, 0.2) is 0 Å². The summed E-state index contributed by atoms with van der Waals surface area (Å²) < 4.78 is 161. The molecule has 2 amide bonds. The zero-order chi connectivity index (χ0) is 31.5. The first-order chi connectivity index (χ1) is 18.4. The average Bonchev–Trinajstić information content (AvgIpc) is 2.80. The van der Waals surface area contributed by atoms with Crippen molar-refractivity contribution in [1.82, 2.24) is 0 Å². The summed E-state index contributed by atoms with van der Waals surface area (Å²) in [6, 6.07) is -0.0734. The molecule has 5 N–H and O–H groups in total. The van der Waals surface area contributed by atoms with Gasteiger partial charge in [-0.15, -0.1) is 0 Å². The monoisotopic (exact) mass is 604 g/mol. The molecule has 0 unspecified atom stereocenters. The number of phenols is 1. The molecular formula is C24H12F12N2O3. The molecule has 3 aromatic carbocycles. The molecule has 0 aromatic heterocycles. The van der Waals surface area contributed by atoms with Crippen molar-refractivity contribution < 1.29 is 67.4 Å². The van der Waals surface area contributed by atoms with E-state index in [2.05, 4.69) is 0 Å². The van der Waals surface area contributed by atoms with Crippen LogP contribution in [0.5, 0.6) is 5.75 Å². The van der Waals surface area contributed by atoms with Crippen molar-refractivity contribution >= 4 is 11.8 Å². The molecule has 3 aromatic rings. The standard InChI is InChI=1S/C24H12F12N2O3/c25-21(26,27)10-1-8(2-11(5-10)22(28,29)30)14-7-15(19(37)40)16(17(18(14)39)20(38)41)9-3-12(23(31,32)33)6-13(4-9)24(34,35)36/h1-7,39H,(H2,37,40)(H2,38,41). The molecule has 41 heavy (non-hydrogen) atoms. The fraction of sp³-hybridized carbons (Fsp3) is 0.167. The van der Waals surface area contributed by atoms with Crippen LogP contribution in [0.3, 0.4) is 0 Å². The summed E-state index contributed by atoms with van der Waals surface area (Å²) in [7, 11) is 0. The number of amides is 2. The Kier molecular flexibility index (Phi) is 7.49. The third-order valence-electron chi connectivity index (χ3n) is 5.59. The lowest BCUT2D eigenvalue weighted by Crippen LogP contribution is -2.20. The minimum atomic E-state index is -5.43. The van der Waals surface area contributed by atoms with Crippen molar-refractivity contribution in [2.45, 2.75) is 24.7 Å². The van der Waals surface area contributed by atoms with Crippen molar-refractivity contribution in [3.05, 3.63) is 75.8 Å². The van der Waals surface area contributed by atoms with E-state index in [9.17, 15) is 67.4 Å². The second-order valence-corrected chi connectivity index (χ2v) is 8.39. The molecule has 0 aliphatic rings. The summed E-state index contributed by atoms with van der Waals surface area (Å²) in [5.74, 6) is -5.11. The van der Waals surface area contributed by atoms with Crippen molar-refractivity contribution in [2.75, 3.05) is 0 Å². The number of hydrogen-bond acceptors (Lipinski definition) is 3. The molecule has 0 bridgehead atoms. The first-order valence-electron chi connectivity index (χ1n) is 10.5. The zero-order valence-corrected chi connectivity index (χ0v) is 19.5. The number of carbonyl (C=O) groups is 2. The molecule has 0 heterocycles. The van der Waals surface area contributed by atoms with Crippen LogP contribution in [0.2, 0.25) is 0 Å². The van der Waals surface area contributed by atoms with Gasteiger partial charge in [-0.3, -0.25) is 9.59 Å². The van der Waals surface area contributed by atoms with Gasteiger partial charge in [-0.25, -0.2) is 0 Å². The van der Waals surface area contributed by atoms with E-state index in [1.807, 2.05) is 0 Å². The van der Waals surface area contributed by atoms with Gasteiger partial charge < -0.3 is 16.6 Å². The molecule has 0 radical (unpaired) electrons. The number of nitrogens with two attached hydrogens (primary N) is 2. The van der Waals surface area contributed by atoms with Gasteiger partial charge in [0.2, 0.25) is 5.91 Å². The Morgan fingerprint density at radius 2 is 0.878 bits per heavy atom. The first-order valence-corrected chi connectivity index (χ1v) is 10.5. The number of benzene rings is 3. The normalized spacial score (nSPS) is 12.9. The maximum absolute atomic E-state index is 13.4. The number of aromatic hydroxyl groups is 1. The predicted octanol–water partition coefficient (Wildman–Crippen LogP) is 7.00. The molecule has 0 saturated carbocycles. The lowest BCUT2D eigenvalue weighted by atomic mass is 9.86. The van der Waals surface area contributed by atoms with Crippen molar-refractivity contribution in [1.29, 1.82) is 0 Å². The third-order valence-corrected chi connectivity index (χ3v) is 5.59. The van der Waals surface area contributed by atoms with Gasteiger partial charge in [-0.1, -0.05) is 0 Å². The van der Waals surface area contributed by atoms with Crippen LogP contribution in [0.25, 0.3) is 22.3 Å². The zero-order valence-electron chi connectivity index (χ0n) is 19.5. The highest BCUT2D eigenvalue weighted by molar-refractivity contribution is 6.12. The molecule has 17 heteroatoms. The lowest BCUT2D eigenvalue weighted by molar-refractivity contribution is -0.144. The largest absolute Gasteiger partial charge is 0.506 e. The van der Waals surface area contributed by atoms with Gasteiger partial charge in [0, 0.05) is 16.7 Å². The Hall–Kier alpha value is -4.44. The Balaban J connectivity index is 2.53. The summed E-state index contributed by atoms with van der Waals surface area (Å²) in [4.78, 5) is 24.6. The molecule has 0 spiro atoms. The Morgan fingerprint density at radius 1 is 0.537 bits per heavy atom. The molecule has 0 saturated heterocycles. The topological polar surface area (TPSA) is 106 Å². The van der Waals surface area contributed by atoms with Gasteiger partial charge in [0.05, 0.1) is 27.8 Å². The van der Waals surface area contributed by atoms with E-state index in [1.54, 1.807) is 0 Å². The quantitative estimate of drug-likeness (QED) is 0.279. The van der Waals surface area contributed by atoms with Crippen LogP contribution in [-0.4, -0.2) is 16.9 Å². The number of rotatable bonds is 4. The van der Waals surface area contributed by atoms with Crippen LogP contribution in [0.15, 0.2) is 42.5 Å². The van der Waals surface area contributed by atoms with Crippen molar-refractivity contribution in [3.8, 4) is 28.0 Å². The third kappa shape index (κ3) is 6.33. The number of carbonyl (C=O) groups excluding carboxylic acids is 2. The van der Waals surface area contributed by atoms with Crippen LogP contribution >= 0.6 is 0 Å². The molecule has 3 rings (SSSR count). The van der Waals surface area contributed by atoms with Crippen LogP contribution in [0, 0.1) is 0 Å². The van der Waals surface area contributed by atoms with E-state index >= 15 is 0 Å². The van der Waals surface area contributed by atoms with E-state index in [0.717, 1.165) is 0 Å².